The molecule has 1 fully saturated rings. The van der Waals surface area contributed by atoms with Crippen molar-refractivity contribution in [1.29, 1.82) is 0 Å². The van der Waals surface area contributed by atoms with Crippen LogP contribution >= 0.6 is 27.5 Å². The van der Waals surface area contributed by atoms with E-state index < -0.39 is 11.7 Å². The van der Waals surface area contributed by atoms with Crippen molar-refractivity contribution >= 4 is 39.3 Å². The molecule has 1 unspecified atom stereocenters. The van der Waals surface area contributed by atoms with Crippen molar-refractivity contribution in [3.8, 4) is 0 Å². The molecule has 1 saturated heterocycles. The molecule has 8 heteroatoms. The first-order valence-electron chi connectivity index (χ1n) is 5.42. The van der Waals surface area contributed by atoms with Crippen molar-refractivity contribution in [1.82, 2.24) is 4.98 Å². The molecular formula is C11H9BrClF3N2O. The van der Waals surface area contributed by atoms with E-state index >= 15 is 0 Å². The minimum Gasteiger partial charge on any atom is -0.295 e. The number of nitrogens with zero attached hydrogens (tertiary/aromatic N) is 2. The van der Waals surface area contributed by atoms with Gasteiger partial charge in [-0.2, -0.15) is 13.2 Å². The highest BCUT2D eigenvalue weighted by molar-refractivity contribution is 9.09. The smallest absolute Gasteiger partial charge is 0.295 e. The molecule has 19 heavy (non-hydrogen) atoms. The van der Waals surface area contributed by atoms with Gasteiger partial charge in [-0.25, -0.2) is 4.98 Å². The molecule has 0 aromatic carbocycles. The third-order valence-electron chi connectivity index (χ3n) is 2.83. The molecule has 2 heterocycles. The average molecular weight is 358 g/mol. The Bertz CT molecular complexity index is 509. The number of pyridine rings is 1. The van der Waals surface area contributed by atoms with Gasteiger partial charge in [-0.3, -0.25) is 9.69 Å². The molecular weight excluding hydrogens is 348 g/mol. The van der Waals surface area contributed by atoms with Crippen LogP contribution < -0.4 is 4.90 Å². The summed E-state index contributed by atoms with van der Waals surface area (Å²) in [5.74, 6) is 0.0226. The lowest BCUT2D eigenvalue weighted by molar-refractivity contribution is -0.137. The number of hydrogen-bond acceptors (Lipinski definition) is 2. The molecule has 0 bridgehead atoms. The van der Waals surface area contributed by atoms with Crippen LogP contribution in [0.2, 0.25) is 5.02 Å². The van der Waals surface area contributed by atoms with Crippen molar-refractivity contribution in [2.75, 3.05) is 16.8 Å². The molecule has 0 saturated carbocycles. The Kier molecular flexibility index (Phi) is 4.06. The molecule has 0 aliphatic carbocycles. The summed E-state index contributed by atoms with van der Waals surface area (Å²) in [5.41, 5.74) is -0.926. The van der Waals surface area contributed by atoms with E-state index in [0.29, 0.717) is 24.5 Å². The number of carbonyl (C=O) groups excluding carboxylic acids is 1. The normalized spacial score (nSPS) is 20.2. The fraction of sp³-hybridized carbons (Fsp3) is 0.455. The number of halogens is 5. The lowest BCUT2D eigenvalue weighted by Crippen LogP contribution is -2.26. The minimum absolute atomic E-state index is 0.0862. The quantitative estimate of drug-likeness (QED) is 0.759. The highest BCUT2D eigenvalue weighted by Gasteiger charge is 2.35. The number of rotatable bonds is 2. The van der Waals surface area contributed by atoms with Gasteiger partial charge in [0.25, 0.3) is 0 Å². The van der Waals surface area contributed by atoms with Gasteiger partial charge in [0.05, 0.1) is 10.6 Å². The largest absolute Gasteiger partial charge is 0.417 e. The molecule has 1 aliphatic heterocycles. The summed E-state index contributed by atoms with van der Waals surface area (Å²) in [4.78, 5) is 16.8. The fourth-order valence-electron chi connectivity index (χ4n) is 1.87. The molecule has 1 aromatic rings. The van der Waals surface area contributed by atoms with Crippen LogP contribution in [-0.4, -0.2) is 22.8 Å². The zero-order chi connectivity index (χ0) is 14.2. The first kappa shape index (κ1) is 14.6. The Hall–Kier alpha value is -0.820. The van der Waals surface area contributed by atoms with Crippen molar-refractivity contribution in [3.63, 3.8) is 0 Å². The summed E-state index contributed by atoms with van der Waals surface area (Å²) in [6.45, 7) is 0.405. The van der Waals surface area contributed by atoms with Gasteiger partial charge in [-0.05, 0) is 12.0 Å². The van der Waals surface area contributed by atoms with Gasteiger partial charge in [0.2, 0.25) is 5.91 Å². The fourth-order valence-corrected chi connectivity index (χ4v) is 2.58. The number of aromatic nitrogens is 1. The van der Waals surface area contributed by atoms with Crippen LogP contribution in [0.4, 0.5) is 19.0 Å². The molecule has 0 spiro atoms. The number of alkyl halides is 4. The van der Waals surface area contributed by atoms with E-state index in [4.69, 9.17) is 11.6 Å². The zero-order valence-corrected chi connectivity index (χ0v) is 11.9. The maximum absolute atomic E-state index is 12.5. The predicted octanol–water partition coefficient (Wildman–Crippen LogP) is 3.50. The second-order valence-electron chi connectivity index (χ2n) is 4.26. The van der Waals surface area contributed by atoms with Gasteiger partial charge in [0.15, 0.2) is 5.82 Å². The Morgan fingerprint density at radius 1 is 1.53 bits per heavy atom. The molecule has 1 atom stereocenters. The van der Waals surface area contributed by atoms with E-state index in [1.54, 1.807) is 0 Å². The van der Waals surface area contributed by atoms with Crippen molar-refractivity contribution < 1.29 is 18.0 Å². The monoisotopic (exact) mass is 356 g/mol. The number of hydrogen-bond donors (Lipinski definition) is 0. The molecule has 0 N–H and O–H groups in total. The third-order valence-corrected chi connectivity index (χ3v) is 4.02. The Balaban J connectivity index is 2.30. The van der Waals surface area contributed by atoms with Crippen LogP contribution in [0, 0.1) is 5.92 Å². The van der Waals surface area contributed by atoms with Crippen molar-refractivity contribution in [2.24, 2.45) is 5.92 Å². The molecule has 2 rings (SSSR count). The maximum atomic E-state index is 12.5. The number of carbonyl (C=O) groups is 1. The van der Waals surface area contributed by atoms with Gasteiger partial charge < -0.3 is 0 Å². The molecule has 1 aromatic heterocycles. The molecule has 0 radical (unpaired) electrons. The Morgan fingerprint density at radius 3 is 2.68 bits per heavy atom. The second-order valence-corrected chi connectivity index (χ2v) is 5.31. The van der Waals surface area contributed by atoms with Gasteiger partial charge in [0, 0.05) is 24.5 Å². The summed E-state index contributed by atoms with van der Waals surface area (Å²) in [7, 11) is 0. The average Bonchev–Trinajstić information content (AvgIpc) is 2.69. The molecule has 1 amide bonds. The van der Waals surface area contributed by atoms with Gasteiger partial charge in [-0.1, -0.05) is 27.5 Å². The van der Waals surface area contributed by atoms with Crippen LogP contribution in [0.1, 0.15) is 12.0 Å². The van der Waals surface area contributed by atoms with E-state index in [-0.39, 0.29) is 22.7 Å². The predicted molar refractivity (Wildman–Crippen MR) is 68.5 cm³/mol. The highest BCUT2D eigenvalue weighted by atomic mass is 79.9. The van der Waals surface area contributed by atoms with Gasteiger partial charge in [0.1, 0.15) is 0 Å². The van der Waals surface area contributed by atoms with Crippen LogP contribution in [0.15, 0.2) is 12.3 Å². The standard InChI is InChI=1S/C11H9BrClF3N2O/c12-3-6-1-9(19)18(5-6)10-8(13)2-7(4-17-10)11(14,15)16/h2,4,6H,1,3,5H2. The van der Waals surface area contributed by atoms with Crippen LogP contribution in [-0.2, 0) is 11.0 Å². The van der Waals surface area contributed by atoms with Gasteiger partial charge >= 0.3 is 6.18 Å². The third kappa shape index (κ3) is 3.02. The van der Waals surface area contributed by atoms with Crippen molar-refractivity contribution in [3.05, 3.63) is 22.8 Å². The van der Waals surface area contributed by atoms with E-state index in [1.165, 1.54) is 4.90 Å². The first-order valence-corrected chi connectivity index (χ1v) is 6.92. The molecule has 1 aliphatic rings. The summed E-state index contributed by atoms with van der Waals surface area (Å²) in [6.07, 6.45) is -3.47. The minimum atomic E-state index is -4.50. The summed E-state index contributed by atoms with van der Waals surface area (Å²) in [6, 6.07) is 0.790. The summed E-state index contributed by atoms with van der Waals surface area (Å²) < 4.78 is 37.5. The SMILES string of the molecule is O=C1CC(CBr)CN1c1ncc(C(F)(F)F)cc1Cl. The molecule has 3 nitrogen and oxygen atoms in total. The van der Waals surface area contributed by atoms with E-state index in [2.05, 4.69) is 20.9 Å². The Morgan fingerprint density at radius 2 is 2.21 bits per heavy atom. The number of anilines is 1. The lowest BCUT2D eigenvalue weighted by Gasteiger charge is -2.17. The second kappa shape index (κ2) is 5.28. The summed E-state index contributed by atoms with van der Waals surface area (Å²) in [5, 5.41) is 0.478. The number of amides is 1. The first-order chi connectivity index (χ1) is 8.82. The van der Waals surface area contributed by atoms with Crippen LogP contribution in [0.25, 0.3) is 0 Å². The van der Waals surface area contributed by atoms with Crippen LogP contribution in [0.5, 0.6) is 0 Å². The van der Waals surface area contributed by atoms with Crippen LogP contribution in [0.3, 0.4) is 0 Å². The highest BCUT2D eigenvalue weighted by Crippen LogP contribution is 2.35. The molecule has 104 valence electrons. The van der Waals surface area contributed by atoms with Gasteiger partial charge in [-0.15, -0.1) is 0 Å². The Labute approximate surface area is 120 Å². The van der Waals surface area contributed by atoms with Crippen molar-refractivity contribution in [2.45, 2.75) is 12.6 Å². The van der Waals surface area contributed by atoms with E-state index in [9.17, 15) is 18.0 Å². The van der Waals surface area contributed by atoms with E-state index in [0.717, 1.165) is 6.07 Å². The van der Waals surface area contributed by atoms with E-state index in [1.807, 2.05) is 0 Å². The topological polar surface area (TPSA) is 33.2 Å². The maximum Gasteiger partial charge on any atom is 0.417 e. The lowest BCUT2D eigenvalue weighted by atomic mass is 10.2. The summed E-state index contributed by atoms with van der Waals surface area (Å²) >= 11 is 9.08. The zero-order valence-electron chi connectivity index (χ0n) is 9.55.